The third-order valence-corrected chi connectivity index (χ3v) is 9.84. The van der Waals surface area contributed by atoms with Gasteiger partial charge in [-0.3, -0.25) is 0 Å². The van der Waals surface area contributed by atoms with Crippen LogP contribution in [0.15, 0.2) is 25.3 Å². The molecule has 2 rings (SSSR count). The Bertz CT molecular complexity index is 581. The Hall–Kier alpha value is -0.600. The molecule has 2 fully saturated rings. The Morgan fingerprint density at radius 1 is 0.688 bits per heavy atom. The third-order valence-electron chi connectivity index (χ3n) is 9.84. The Morgan fingerprint density at radius 2 is 1.12 bits per heavy atom. The normalized spacial score (nSPS) is 33.0. The van der Waals surface area contributed by atoms with E-state index in [0.717, 1.165) is 51.4 Å². The zero-order valence-electron chi connectivity index (χ0n) is 21.8. The first-order valence-electron chi connectivity index (χ1n) is 13.9. The van der Waals surface area contributed by atoms with Gasteiger partial charge in [0, 0.05) is 5.41 Å². The lowest BCUT2D eigenvalue weighted by atomic mass is 9.59. The number of rotatable bonds is 18. The summed E-state index contributed by atoms with van der Waals surface area (Å²) in [6.45, 7) is 14.5. The molecule has 0 radical (unpaired) electrons. The van der Waals surface area contributed by atoms with Gasteiger partial charge in [0.25, 0.3) is 0 Å². The molecule has 2 heteroatoms. The van der Waals surface area contributed by atoms with Crippen LogP contribution in [0.3, 0.4) is 0 Å². The van der Waals surface area contributed by atoms with Gasteiger partial charge in [-0.25, -0.2) is 0 Å². The van der Waals surface area contributed by atoms with Crippen LogP contribution in [0.4, 0.5) is 0 Å². The summed E-state index contributed by atoms with van der Waals surface area (Å²) in [5.74, 6) is 0.219. The number of unbranched alkanes of at least 4 members (excludes halogenated alkanes) is 12. The molecule has 2 aliphatic rings. The summed E-state index contributed by atoms with van der Waals surface area (Å²) < 4.78 is 0. The van der Waals surface area contributed by atoms with Gasteiger partial charge < -0.3 is 10.2 Å². The number of hydrogen-bond acceptors (Lipinski definition) is 2. The summed E-state index contributed by atoms with van der Waals surface area (Å²) in [6.07, 6.45) is 24.4. The molecule has 186 valence electrons. The van der Waals surface area contributed by atoms with E-state index in [2.05, 4.69) is 33.9 Å². The van der Waals surface area contributed by atoms with Crippen molar-refractivity contribution in [2.45, 2.75) is 148 Å². The molecule has 0 amide bonds. The van der Waals surface area contributed by atoms with Gasteiger partial charge in [-0.05, 0) is 62.7 Å². The van der Waals surface area contributed by atoms with Crippen molar-refractivity contribution in [1.82, 2.24) is 0 Å². The number of fused-ring (bicyclic) bond motifs is 2. The van der Waals surface area contributed by atoms with E-state index < -0.39 is 11.2 Å². The SMILES string of the molecule is C=CCCCCCCCCC1(O)C2CCC(C)(C2(C)C)C1(O)CCCCCCCCC=C. The summed E-state index contributed by atoms with van der Waals surface area (Å²) in [5.41, 5.74) is -2.06. The third kappa shape index (κ3) is 5.38. The second-order valence-electron chi connectivity index (χ2n) is 11.8. The van der Waals surface area contributed by atoms with Crippen molar-refractivity contribution in [3.05, 3.63) is 25.3 Å². The minimum absolute atomic E-state index is 0.00806. The molecule has 2 N–H and O–H groups in total. The molecule has 0 aromatic carbocycles. The summed E-state index contributed by atoms with van der Waals surface area (Å²) >= 11 is 0. The maximum atomic E-state index is 12.2. The predicted octanol–water partition coefficient (Wildman–Crippen LogP) is 8.52. The van der Waals surface area contributed by atoms with Crippen molar-refractivity contribution in [1.29, 1.82) is 0 Å². The maximum Gasteiger partial charge on any atom is 0.0994 e. The lowest BCUT2D eigenvalue weighted by Gasteiger charge is -2.52. The van der Waals surface area contributed by atoms with Crippen molar-refractivity contribution < 1.29 is 10.2 Å². The quantitative estimate of drug-likeness (QED) is 0.164. The monoisotopic (exact) mass is 446 g/mol. The molecule has 2 saturated carbocycles. The van der Waals surface area contributed by atoms with Crippen LogP contribution in [0.1, 0.15) is 136 Å². The molecule has 0 heterocycles. The molecule has 0 aromatic rings. The molecule has 0 saturated heterocycles. The molecule has 2 bridgehead atoms. The molecule has 32 heavy (non-hydrogen) atoms. The zero-order chi connectivity index (χ0) is 23.7. The fourth-order valence-electron chi connectivity index (χ4n) is 7.48. The van der Waals surface area contributed by atoms with Gasteiger partial charge in [-0.15, -0.1) is 13.2 Å². The molecular weight excluding hydrogens is 392 g/mol. The number of allylic oxidation sites excluding steroid dienone is 2. The van der Waals surface area contributed by atoms with Crippen molar-refractivity contribution >= 4 is 0 Å². The molecule has 4 atom stereocenters. The van der Waals surface area contributed by atoms with Gasteiger partial charge in [-0.1, -0.05) is 97.1 Å². The highest BCUT2D eigenvalue weighted by molar-refractivity contribution is 5.28. The van der Waals surface area contributed by atoms with Gasteiger partial charge in [0.1, 0.15) is 0 Å². The summed E-state index contributed by atoms with van der Waals surface area (Å²) in [5, 5.41) is 24.3. The molecule has 0 spiro atoms. The number of hydrogen-bond donors (Lipinski definition) is 2. The highest BCUT2D eigenvalue weighted by Crippen LogP contribution is 2.75. The summed E-state index contributed by atoms with van der Waals surface area (Å²) in [4.78, 5) is 0. The zero-order valence-corrected chi connectivity index (χ0v) is 21.8. The van der Waals surface area contributed by atoms with Crippen LogP contribution in [0.5, 0.6) is 0 Å². The molecular formula is C30H54O2. The van der Waals surface area contributed by atoms with Crippen LogP contribution in [0, 0.1) is 16.7 Å². The highest BCUT2D eigenvalue weighted by Gasteiger charge is 2.78. The fraction of sp³-hybridized carbons (Fsp3) is 0.867. The van der Waals surface area contributed by atoms with Gasteiger partial charge in [0.2, 0.25) is 0 Å². The second kappa shape index (κ2) is 12.2. The van der Waals surface area contributed by atoms with E-state index in [0.29, 0.717) is 0 Å². The molecule has 2 nitrogen and oxygen atoms in total. The average molecular weight is 447 g/mol. The topological polar surface area (TPSA) is 40.5 Å². The van der Waals surface area contributed by atoms with E-state index in [1.807, 2.05) is 12.2 Å². The average Bonchev–Trinajstić information content (AvgIpc) is 3.05. The molecule has 4 unspecified atom stereocenters. The summed E-state index contributed by atoms with van der Waals surface area (Å²) in [6, 6.07) is 0. The Morgan fingerprint density at radius 3 is 1.62 bits per heavy atom. The van der Waals surface area contributed by atoms with Crippen molar-refractivity contribution in [3.8, 4) is 0 Å². The van der Waals surface area contributed by atoms with Crippen molar-refractivity contribution in [2.75, 3.05) is 0 Å². The van der Waals surface area contributed by atoms with Crippen LogP contribution >= 0.6 is 0 Å². The van der Waals surface area contributed by atoms with E-state index in [4.69, 9.17) is 0 Å². The first kappa shape index (κ1) is 27.6. The summed E-state index contributed by atoms with van der Waals surface area (Å²) in [7, 11) is 0. The molecule has 2 aliphatic carbocycles. The minimum atomic E-state index is -0.945. The van der Waals surface area contributed by atoms with E-state index in [-0.39, 0.29) is 16.7 Å². The van der Waals surface area contributed by atoms with Gasteiger partial charge in [0.15, 0.2) is 0 Å². The fourth-order valence-corrected chi connectivity index (χ4v) is 7.48. The number of aliphatic hydroxyl groups is 2. The van der Waals surface area contributed by atoms with Crippen LogP contribution < -0.4 is 0 Å². The standard InChI is InChI=1S/C30H54O2/c1-6-8-10-12-14-16-18-20-23-29(31)26-22-25-28(5,27(26,3)4)30(29,32)24-21-19-17-15-13-11-9-7-2/h6-7,26,31-32H,1-2,8-25H2,3-5H3. The van der Waals surface area contributed by atoms with E-state index in [1.165, 1.54) is 64.2 Å². The highest BCUT2D eigenvalue weighted by atomic mass is 16.4. The molecule has 0 aromatic heterocycles. The van der Waals surface area contributed by atoms with E-state index >= 15 is 0 Å². The van der Waals surface area contributed by atoms with Crippen LogP contribution in [0.2, 0.25) is 0 Å². The van der Waals surface area contributed by atoms with Crippen molar-refractivity contribution in [3.63, 3.8) is 0 Å². The van der Waals surface area contributed by atoms with Crippen LogP contribution in [0.25, 0.3) is 0 Å². The Balaban J connectivity index is 1.90. The van der Waals surface area contributed by atoms with Crippen LogP contribution in [-0.2, 0) is 0 Å². The van der Waals surface area contributed by atoms with Crippen LogP contribution in [-0.4, -0.2) is 21.4 Å². The van der Waals surface area contributed by atoms with E-state index in [1.54, 1.807) is 0 Å². The maximum absolute atomic E-state index is 12.2. The first-order chi connectivity index (χ1) is 15.2. The largest absolute Gasteiger partial charge is 0.387 e. The van der Waals surface area contributed by atoms with Gasteiger partial charge >= 0.3 is 0 Å². The predicted molar refractivity (Wildman–Crippen MR) is 139 cm³/mol. The first-order valence-corrected chi connectivity index (χ1v) is 13.9. The van der Waals surface area contributed by atoms with E-state index in [9.17, 15) is 10.2 Å². The van der Waals surface area contributed by atoms with Gasteiger partial charge in [-0.2, -0.15) is 0 Å². The van der Waals surface area contributed by atoms with Gasteiger partial charge in [0.05, 0.1) is 11.2 Å². The lowest BCUT2D eigenvalue weighted by molar-refractivity contribution is -0.214. The van der Waals surface area contributed by atoms with Crippen molar-refractivity contribution in [2.24, 2.45) is 16.7 Å². The lowest BCUT2D eigenvalue weighted by Crippen LogP contribution is -2.61. The Kier molecular flexibility index (Phi) is 10.5. The molecule has 0 aliphatic heterocycles. The smallest absolute Gasteiger partial charge is 0.0994 e. The Labute approximate surface area is 200 Å². The minimum Gasteiger partial charge on any atom is -0.387 e. The second-order valence-corrected chi connectivity index (χ2v) is 11.8.